The molecule has 7 nitrogen and oxygen atoms in total. The number of anilines is 1. The van der Waals surface area contributed by atoms with Crippen LogP contribution in [0.15, 0.2) is 12.1 Å². The molecule has 1 saturated carbocycles. The molecular formula is C20H29FN4O3. The summed E-state index contributed by atoms with van der Waals surface area (Å²) in [7, 11) is 0. The van der Waals surface area contributed by atoms with Crippen molar-refractivity contribution in [3.05, 3.63) is 17.8 Å². The van der Waals surface area contributed by atoms with Gasteiger partial charge in [0.05, 0.1) is 19.7 Å². The number of hydrogen-bond donors (Lipinski definition) is 2. The van der Waals surface area contributed by atoms with E-state index in [-0.39, 0.29) is 24.7 Å². The lowest BCUT2D eigenvalue weighted by Crippen LogP contribution is -2.57. The number of carbonyl (C=O) groups excluding carboxylic acids is 2. The zero-order chi connectivity index (χ0) is 20.5. The number of alkyl halides is 1. The van der Waals surface area contributed by atoms with E-state index < -0.39 is 23.5 Å². The number of rotatable bonds is 9. The lowest BCUT2D eigenvalue weighted by molar-refractivity contribution is -0.120. The van der Waals surface area contributed by atoms with Gasteiger partial charge in [0.2, 0.25) is 11.8 Å². The van der Waals surface area contributed by atoms with E-state index in [0.717, 1.165) is 12.8 Å². The zero-order valence-corrected chi connectivity index (χ0v) is 16.7. The van der Waals surface area contributed by atoms with Crippen molar-refractivity contribution < 1.29 is 18.7 Å². The number of ether oxygens (including phenoxy) is 1. The molecule has 2 fully saturated rings. The molecule has 2 amide bonds. The highest BCUT2D eigenvalue weighted by molar-refractivity contribution is 5.96. The highest BCUT2D eigenvalue weighted by atomic mass is 19.1. The van der Waals surface area contributed by atoms with Crippen LogP contribution in [0.2, 0.25) is 0 Å². The summed E-state index contributed by atoms with van der Waals surface area (Å²) in [6.45, 7) is 6.51. The third kappa shape index (κ3) is 5.11. The SMILES string of the molecule is CC(C)C[C@H](NC(=O)c1ccc(N2CC(C)(F)C2)c(OCC2CC2)n1)C(N)=O. The van der Waals surface area contributed by atoms with Crippen LogP contribution in [0.5, 0.6) is 5.88 Å². The highest BCUT2D eigenvalue weighted by Gasteiger charge is 2.40. The average Bonchev–Trinajstić information content (AvgIpc) is 3.40. The first-order valence-electron chi connectivity index (χ1n) is 9.82. The Bertz CT molecular complexity index is 741. The lowest BCUT2D eigenvalue weighted by atomic mass is 9.98. The first kappa shape index (κ1) is 20.4. The minimum absolute atomic E-state index is 0.146. The van der Waals surface area contributed by atoms with E-state index in [1.165, 1.54) is 0 Å². The maximum absolute atomic E-state index is 13.9. The molecule has 2 heterocycles. The Morgan fingerprint density at radius 3 is 2.61 bits per heavy atom. The molecule has 1 saturated heterocycles. The van der Waals surface area contributed by atoms with Crippen molar-refractivity contribution in [1.82, 2.24) is 10.3 Å². The summed E-state index contributed by atoms with van der Waals surface area (Å²) < 4.78 is 19.8. The second kappa shape index (κ2) is 7.93. The van der Waals surface area contributed by atoms with Gasteiger partial charge in [-0.05, 0) is 50.2 Å². The molecule has 8 heteroatoms. The van der Waals surface area contributed by atoms with Crippen molar-refractivity contribution in [1.29, 1.82) is 0 Å². The van der Waals surface area contributed by atoms with Crippen LogP contribution in [0.3, 0.4) is 0 Å². The van der Waals surface area contributed by atoms with Crippen LogP contribution in [0.25, 0.3) is 0 Å². The van der Waals surface area contributed by atoms with Crippen LogP contribution < -0.4 is 20.7 Å². The quantitative estimate of drug-likeness (QED) is 0.670. The number of hydrogen-bond acceptors (Lipinski definition) is 5. The maximum atomic E-state index is 13.9. The molecule has 154 valence electrons. The molecule has 3 N–H and O–H groups in total. The van der Waals surface area contributed by atoms with Crippen molar-refractivity contribution in [2.24, 2.45) is 17.6 Å². The number of pyridine rings is 1. The zero-order valence-electron chi connectivity index (χ0n) is 16.7. The molecule has 2 aliphatic rings. The molecule has 0 unspecified atom stereocenters. The molecule has 1 aromatic rings. The first-order chi connectivity index (χ1) is 13.1. The van der Waals surface area contributed by atoms with Gasteiger partial charge in [-0.3, -0.25) is 9.59 Å². The van der Waals surface area contributed by atoms with Crippen LogP contribution >= 0.6 is 0 Å². The fourth-order valence-electron chi connectivity index (χ4n) is 3.26. The number of nitrogens with one attached hydrogen (secondary N) is 1. The third-order valence-electron chi connectivity index (χ3n) is 4.96. The summed E-state index contributed by atoms with van der Waals surface area (Å²) >= 11 is 0. The summed E-state index contributed by atoms with van der Waals surface area (Å²) in [6.07, 6.45) is 2.70. The van der Waals surface area contributed by atoms with Gasteiger partial charge in [0.25, 0.3) is 5.91 Å². The molecule has 1 aliphatic heterocycles. The Hall–Kier alpha value is -2.38. The summed E-state index contributed by atoms with van der Waals surface area (Å²) in [5.74, 6) is -0.0142. The van der Waals surface area contributed by atoms with Crippen molar-refractivity contribution in [3.63, 3.8) is 0 Å². The average molecular weight is 392 g/mol. The van der Waals surface area contributed by atoms with Crippen LogP contribution in [0, 0.1) is 11.8 Å². The predicted molar refractivity (Wildman–Crippen MR) is 104 cm³/mol. The molecule has 0 radical (unpaired) electrons. The van der Waals surface area contributed by atoms with Crippen LogP contribution in [0.4, 0.5) is 10.1 Å². The number of carbonyl (C=O) groups is 2. The van der Waals surface area contributed by atoms with E-state index in [4.69, 9.17) is 10.5 Å². The third-order valence-corrected chi connectivity index (χ3v) is 4.96. The second-order valence-electron chi connectivity index (χ2n) is 8.60. The summed E-state index contributed by atoms with van der Waals surface area (Å²) in [6, 6.07) is 2.53. The normalized spacial score (nSPS) is 19.1. The summed E-state index contributed by atoms with van der Waals surface area (Å²) in [5, 5.41) is 2.65. The molecule has 1 aliphatic carbocycles. The van der Waals surface area contributed by atoms with Gasteiger partial charge in [-0.25, -0.2) is 9.37 Å². The minimum atomic E-state index is -1.23. The van der Waals surface area contributed by atoms with Crippen molar-refractivity contribution in [3.8, 4) is 5.88 Å². The van der Waals surface area contributed by atoms with Crippen LogP contribution in [-0.2, 0) is 4.79 Å². The number of nitrogens with two attached hydrogens (primary N) is 1. The van der Waals surface area contributed by atoms with Crippen LogP contribution in [-0.4, -0.2) is 48.2 Å². The number of nitrogens with zero attached hydrogens (tertiary/aromatic N) is 2. The van der Waals surface area contributed by atoms with Crippen molar-refractivity contribution >= 4 is 17.5 Å². The Morgan fingerprint density at radius 2 is 2.07 bits per heavy atom. The predicted octanol–water partition coefficient (Wildman–Crippen LogP) is 2.05. The fraction of sp³-hybridized carbons (Fsp3) is 0.650. The van der Waals surface area contributed by atoms with Crippen LogP contribution in [0.1, 0.15) is 50.5 Å². The van der Waals surface area contributed by atoms with Gasteiger partial charge in [0.1, 0.15) is 23.1 Å². The molecular weight excluding hydrogens is 363 g/mol. The van der Waals surface area contributed by atoms with Gasteiger partial charge in [0, 0.05) is 0 Å². The van der Waals surface area contributed by atoms with E-state index in [2.05, 4.69) is 10.3 Å². The maximum Gasteiger partial charge on any atom is 0.270 e. The Labute approximate surface area is 164 Å². The standard InChI is InChI=1S/C20H29FN4O3/c1-12(2)8-15(17(22)26)23-18(27)14-6-7-16(25-10-20(3,21)11-25)19(24-14)28-9-13-4-5-13/h6-7,12-13,15H,4-5,8-11H2,1-3H3,(H2,22,26)(H,23,27)/t15-/m0/s1. The highest BCUT2D eigenvalue weighted by Crippen LogP contribution is 2.37. The molecule has 1 aromatic heterocycles. The lowest BCUT2D eigenvalue weighted by Gasteiger charge is -2.44. The largest absolute Gasteiger partial charge is 0.476 e. The first-order valence-corrected chi connectivity index (χ1v) is 9.82. The van der Waals surface area contributed by atoms with Gasteiger partial charge in [0.15, 0.2) is 0 Å². The van der Waals surface area contributed by atoms with Gasteiger partial charge in [-0.1, -0.05) is 13.8 Å². The number of halogens is 1. The molecule has 0 bridgehead atoms. The summed E-state index contributed by atoms with van der Waals surface area (Å²) in [5.41, 5.74) is 5.00. The Kier molecular flexibility index (Phi) is 5.76. The van der Waals surface area contributed by atoms with Crippen molar-refractivity contribution in [2.75, 3.05) is 24.6 Å². The van der Waals surface area contributed by atoms with E-state index in [1.807, 2.05) is 18.7 Å². The van der Waals surface area contributed by atoms with E-state index in [9.17, 15) is 14.0 Å². The van der Waals surface area contributed by atoms with Gasteiger partial charge < -0.3 is 20.7 Å². The Morgan fingerprint density at radius 1 is 1.39 bits per heavy atom. The van der Waals surface area contributed by atoms with Gasteiger partial charge >= 0.3 is 0 Å². The van der Waals surface area contributed by atoms with E-state index >= 15 is 0 Å². The Balaban J connectivity index is 1.75. The molecule has 0 spiro atoms. The smallest absolute Gasteiger partial charge is 0.270 e. The second-order valence-corrected chi connectivity index (χ2v) is 8.60. The molecule has 28 heavy (non-hydrogen) atoms. The number of amides is 2. The topological polar surface area (TPSA) is 97.6 Å². The van der Waals surface area contributed by atoms with Crippen molar-refractivity contribution in [2.45, 2.75) is 51.7 Å². The summed E-state index contributed by atoms with van der Waals surface area (Å²) in [4.78, 5) is 30.4. The van der Waals surface area contributed by atoms with Gasteiger partial charge in [-0.2, -0.15) is 0 Å². The molecule has 0 aromatic carbocycles. The van der Waals surface area contributed by atoms with E-state index in [0.29, 0.717) is 30.5 Å². The monoisotopic (exact) mass is 392 g/mol. The minimum Gasteiger partial charge on any atom is -0.476 e. The van der Waals surface area contributed by atoms with E-state index in [1.54, 1.807) is 19.1 Å². The molecule has 1 atom stereocenters. The number of primary amides is 1. The molecule has 3 rings (SSSR count). The van der Waals surface area contributed by atoms with Gasteiger partial charge in [-0.15, -0.1) is 0 Å². The fourth-order valence-corrected chi connectivity index (χ4v) is 3.26. The number of aromatic nitrogens is 1.